The first-order valence-electron chi connectivity index (χ1n) is 17.1. The Hall–Kier alpha value is -5.58. The van der Waals surface area contributed by atoms with E-state index in [1.54, 1.807) is 0 Å². The van der Waals surface area contributed by atoms with Crippen molar-refractivity contribution < 1.29 is 0 Å². The van der Waals surface area contributed by atoms with Crippen molar-refractivity contribution in [1.82, 2.24) is 0 Å². The average Bonchev–Trinajstić information content (AvgIpc) is 3.99. The number of fused-ring (bicyclic) bond motifs is 3. The molecule has 0 amide bonds. The number of benzene rings is 7. The summed E-state index contributed by atoms with van der Waals surface area (Å²) in [4.78, 5) is 3.88. The molecule has 0 aliphatic carbocycles. The smallest absolute Gasteiger partial charge is 0.0421 e. The van der Waals surface area contributed by atoms with Gasteiger partial charge in [0.25, 0.3) is 0 Å². The van der Waals surface area contributed by atoms with E-state index in [1.807, 2.05) is 34.0 Å². The van der Waals surface area contributed by atoms with Crippen molar-refractivity contribution in [3.8, 4) is 64.7 Å². The minimum Gasteiger partial charge on any atom is -0.143 e. The van der Waals surface area contributed by atoms with Crippen molar-refractivity contribution in [2.75, 3.05) is 0 Å². The van der Waals surface area contributed by atoms with Crippen LogP contribution in [0.3, 0.4) is 0 Å². The molecule has 3 aromatic heterocycles. The third-order valence-electron chi connectivity index (χ3n) is 9.90. The summed E-state index contributed by atoms with van der Waals surface area (Å²) in [6.45, 7) is 0. The molecule has 3 heterocycles. The topological polar surface area (TPSA) is 0 Å². The van der Waals surface area contributed by atoms with E-state index in [9.17, 15) is 0 Å². The highest BCUT2D eigenvalue weighted by Gasteiger charge is 2.18. The van der Waals surface area contributed by atoms with Crippen molar-refractivity contribution in [2.45, 2.75) is 0 Å². The maximum Gasteiger partial charge on any atom is 0.0421 e. The summed E-state index contributed by atoms with van der Waals surface area (Å²) < 4.78 is 0. The third-order valence-corrected chi connectivity index (χ3v) is 12.8. The molecular formula is C48H30S3. The SMILES string of the molecule is c1ccc2cc(-c3ccsc3-c3cc(-c4sccc4-c4ccc5ccccc5c4)cc(-c4sccc4-c4ccc5ccccc5c4)c3)ccc2c1. The molecule has 0 fully saturated rings. The zero-order chi connectivity index (χ0) is 33.7. The minimum absolute atomic E-state index is 1.25. The monoisotopic (exact) mass is 702 g/mol. The highest BCUT2D eigenvalue weighted by Crippen LogP contribution is 2.47. The molecule has 0 nitrogen and oxygen atoms in total. The van der Waals surface area contributed by atoms with Gasteiger partial charge in [-0.3, -0.25) is 0 Å². The van der Waals surface area contributed by atoms with Crippen LogP contribution in [-0.2, 0) is 0 Å². The molecule has 240 valence electrons. The van der Waals surface area contributed by atoms with Gasteiger partial charge in [-0.05, 0) is 136 Å². The van der Waals surface area contributed by atoms with Crippen molar-refractivity contribution in [3.63, 3.8) is 0 Å². The molecule has 7 aromatic carbocycles. The van der Waals surface area contributed by atoms with Gasteiger partial charge in [0.1, 0.15) is 0 Å². The van der Waals surface area contributed by atoms with Crippen molar-refractivity contribution in [3.05, 3.63) is 180 Å². The fourth-order valence-corrected chi connectivity index (χ4v) is 10.1. The Morgan fingerprint density at radius 2 is 0.529 bits per heavy atom. The lowest BCUT2D eigenvalue weighted by Crippen LogP contribution is -1.87. The Morgan fingerprint density at radius 1 is 0.235 bits per heavy atom. The van der Waals surface area contributed by atoms with Gasteiger partial charge in [0.15, 0.2) is 0 Å². The zero-order valence-electron chi connectivity index (χ0n) is 27.5. The van der Waals surface area contributed by atoms with Gasteiger partial charge >= 0.3 is 0 Å². The summed E-state index contributed by atoms with van der Waals surface area (Å²) in [5.74, 6) is 0. The van der Waals surface area contributed by atoms with Crippen LogP contribution in [0.1, 0.15) is 0 Å². The lowest BCUT2D eigenvalue weighted by Gasteiger charge is -2.14. The maximum atomic E-state index is 2.42. The van der Waals surface area contributed by atoms with Gasteiger partial charge in [-0.1, -0.05) is 109 Å². The first-order valence-corrected chi connectivity index (χ1v) is 19.8. The maximum absolute atomic E-state index is 2.42. The van der Waals surface area contributed by atoms with Crippen LogP contribution in [0.15, 0.2) is 180 Å². The van der Waals surface area contributed by atoms with E-state index in [0.29, 0.717) is 0 Å². The summed E-state index contributed by atoms with van der Waals surface area (Å²) in [7, 11) is 0. The van der Waals surface area contributed by atoms with Crippen LogP contribution in [0.2, 0.25) is 0 Å². The van der Waals surface area contributed by atoms with Crippen LogP contribution in [0, 0.1) is 0 Å². The highest BCUT2D eigenvalue weighted by molar-refractivity contribution is 7.15. The van der Waals surface area contributed by atoms with Gasteiger partial charge in [-0.15, -0.1) is 34.0 Å². The molecule has 51 heavy (non-hydrogen) atoms. The normalized spacial score (nSPS) is 11.5. The van der Waals surface area contributed by atoms with E-state index in [4.69, 9.17) is 0 Å². The van der Waals surface area contributed by atoms with E-state index in [0.717, 1.165) is 0 Å². The summed E-state index contributed by atoms with van der Waals surface area (Å²) in [5, 5.41) is 14.3. The number of thiophene rings is 3. The van der Waals surface area contributed by atoms with Crippen LogP contribution in [0.4, 0.5) is 0 Å². The van der Waals surface area contributed by atoms with Gasteiger partial charge < -0.3 is 0 Å². The fourth-order valence-electron chi connectivity index (χ4n) is 7.37. The number of hydrogen-bond donors (Lipinski definition) is 0. The molecule has 3 heteroatoms. The highest BCUT2D eigenvalue weighted by atomic mass is 32.1. The predicted molar refractivity (Wildman–Crippen MR) is 225 cm³/mol. The molecule has 10 aromatic rings. The quantitative estimate of drug-likeness (QED) is 0.162. The molecule has 0 spiro atoms. The van der Waals surface area contributed by atoms with E-state index in [-0.39, 0.29) is 0 Å². The first kappa shape index (κ1) is 30.3. The molecule has 0 saturated heterocycles. The molecular weight excluding hydrogens is 673 g/mol. The van der Waals surface area contributed by atoms with E-state index >= 15 is 0 Å². The predicted octanol–water partition coefficient (Wildman–Crippen LogP) is 15.3. The van der Waals surface area contributed by atoms with Crippen LogP contribution in [0.5, 0.6) is 0 Å². The van der Waals surface area contributed by atoms with Gasteiger partial charge in [0.05, 0.1) is 0 Å². The summed E-state index contributed by atoms with van der Waals surface area (Å²) in [5.41, 5.74) is 11.3. The second-order valence-electron chi connectivity index (χ2n) is 13.0. The van der Waals surface area contributed by atoms with Crippen LogP contribution < -0.4 is 0 Å². The van der Waals surface area contributed by atoms with Crippen molar-refractivity contribution in [2.24, 2.45) is 0 Å². The fraction of sp³-hybridized carbons (Fsp3) is 0. The Balaban J connectivity index is 1.16. The zero-order valence-corrected chi connectivity index (χ0v) is 30.0. The second kappa shape index (κ2) is 12.6. The molecule has 0 saturated carbocycles. The Kier molecular flexibility index (Phi) is 7.50. The summed E-state index contributed by atoms with van der Waals surface area (Å²) >= 11 is 5.48. The van der Waals surface area contributed by atoms with Gasteiger partial charge in [0, 0.05) is 31.3 Å². The van der Waals surface area contributed by atoms with E-state index < -0.39 is 0 Å². The van der Waals surface area contributed by atoms with Crippen LogP contribution >= 0.6 is 34.0 Å². The van der Waals surface area contributed by atoms with Gasteiger partial charge in [0.2, 0.25) is 0 Å². The standard InChI is InChI=1S/C48H30S3/c1-4-10-34-25-37(16-13-31(34)7-1)43-19-22-49-46(43)40-28-41(47-44(20-23-50-47)38-17-14-32-8-2-5-11-35(32)26-38)30-42(29-40)48-45(21-24-51-48)39-18-15-33-9-3-6-12-36(33)27-39/h1-30H. The van der Waals surface area contributed by atoms with Gasteiger partial charge in [-0.25, -0.2) is 0 Å². The molecule has 0 aliphatic heterocycles. The van der Waals surface area contributed by atoms with Crippen LogP contribution in [0.25, 0.3) is 97.0 Å². The first-order chi connectivity index (χ1) is 25.2. The molecule has 0 atom stereocenters. The van der Waals surface area contributed by atoms with Crippen molar-refractivity contribution >= 4 is 66.3 Å². The van der Waals surface area contributed by atoms with Crippen LogP contribution in [-0.4, -0.2) is 0 Å². The minimum atomic E-state index is 1.25. The molecule has 0 bridgehead atoms. The molecule has 0 unspecified atom stereocenters. The van der Waals surface area contributed by atoms with Gasteiger partial charge in [-0.2, -0.15) is 0 Å². The lowest BCUT2D eigenvalue weighted by molar-refractivity contribution is 1.64. The third kappa shape index (κ3) is 5.51. The Labute approximate surface area is 309 Å². The molecule has 0 N–H and O–H groups in total. The summed E-state index contributed by atoms with van der Waals surface area (Å²) in [6.07, 6.45) is 0. The largest absolute Gasteiger partial charge is 0.143 e. The average molecular weight is 703 g/mol. The van der Waals surface area contributed by atoms with E-state index in [2.05, 4.69) is 180 Å². The number of hydrogen-bond acceptors (Lipinski definition) is 3. The van der Waals surface area contributed by atoms with E-state index in [1.165, 1.54) is 97.0 Å². The molecule has 0 aliphatic rings. The molecule has 0 radical (unpaired) electrons. The summed E-state index contributed by atoms with van der Waals surface area (Å²) in [6, 6.07) is 60.5. The number of rotatable bonds is 6. The second-order valence-corrected chi connectivity index (χ2v) is 15.7. The molecule has 10 rings (SSSR count). The Morgan fingerprint density at radius 3 is 0.843 bits per heavy atom. The Bertz CT molecular complexity index is 2550. The van der Waals surface area contributed by atoms with Crippen molar-refractivity contribution in [1.29, 1.82) is 0 Å². The lowest BCUT2D eigenvalue weighted by atomic mass is 9.93.